The lowest BCUT2D eigenvalue weighted by Crippen LogP contribution is -2.10. The molecule has 1 atom stereocenters. The van der Waals surface area contributed by atoms with Gasteiger partial charge in [-0.05, 0) is 37.8 Å². The summed E-state index contributed by atoms with van der Waals surface area (Å²) in [6.07, 6.45) is 6.29. The summed E-state index contributed by atoms with van der Waals surface area (Å²) >= 11 is 0. The SMILES string of the molecule is Cc1ccc(CC(=O)CCC2CCCO2)nc1. The van der Waals surface area contributed by atoms with Crippen LogP contribution in [0, 0.1) is 6.92 Å². The van der Waals surface area contributed by atoms with Crippen LogP contribution >= 0.6 is 0 Å². The molecule has 0 aromatic carbocycles. The maximum Gasteiger partial charge on any atom is 0.138 e. The zero-order chi connectivity index (χ0) is 12.1. The van der Waals surface area contributed by atoms with Crippen molar-refractivity contribution in [2.45, 2.75) is 45.1 Å². The van der Waals surface area contributed by atoms with Gasteiger partial charge < -0.3 is 4.74 Å². The molecule has 3 nitrogen and oxygen atoms in total. The van der Waals surface area contributed by atoms with Crippen LogP contribution in [0.2, 0.25) is 0 Å². The van der Waals surface area contributed by atoms with Gasteiger partial charge in [-0.25, -0.2) is 0 Å². The quantitative estimate of drug-likeness (QED) is 0.784. The number of Topliss-reactive ketones (excluding diaryl/α,β-unsaturated/α-hetero) is 1. The lowest BCUT2D eigenvalue weighted by atomic mass is 10.1. The molecule has 0 bridgehead atoms. The Morgan fingerprint density at radius 2 is 2.41 bits per heavy atom. The highest BCUT2D eigenvalue weighted by Gasteiger charge is 2.16. The van der Waals surface area contributed by atoms with E-state index < -0.39 is 0 Å². The molecule has 0 amide bonds. The van der Waals surface area contributed by atoms with Crippen LogP contribution in [0.25, 0.3) is 0 Å². The molecule has 3 heteroatoms. The summed E-state index contributed by atoms with van der Waals surface area (Å²) in [5.41, 5.74) is 1.99. The number of ether oxygens (including phenoxy) is 1. The van der Waals surface area contributed by atoms with Crippen LogP contribution in [-0.4, -0.2) is 23.5 Å². The summed E-state index contributed by atoms with van der Waals surface area (Å²) in [6.45, 7) is 2.86. The molecule has 1 aliphatic rings. The normalized spacial score (nSPS) is 19.5. The molecule has 0 saturated carbocycles. The fourth-order valence-corrected chi connectivity index (χ4v) is 2.09. The summed E-state index contributed by atoms with van der Waals surface area (Å²) in [6, 6.07) is 3.93. The first kappa shape index (κ1) is 12.2. The molecule has 1 saturated heterocycles. The van der Waals surface area contributed by atoms with Crippen molar-refractivity contribution in [3.8, 4) is 0 Å². The van der Waals surface area contributed by atoms with Crippen molar-refractivity contribution in [3.05, 3.63) is 29.6 Å². The van der Waals surface area contributed by atoms with Gasteiger partial charge in [0.25, 0.3) is 0 Å². The number of ketones is 1. The molecule has 2 heterocycles. The second-order valence-corrected chi connectivity index (χ2v) is 4.72. The first-order valence-electron chi connectivity index (χ1n) is 6.29. The van der Waals surface area contributed by atoms with Gasteiger partial charge in [-0.2, -0.15) is 0 Å². The van der Waals surface area contributed by atoms with E-state index in [-0.39, 0.29) is 5.78 Å². The van der Waals surface area contributed by atoms with Gasteiger partial charge in [0, 0.05) is 31.3 Å². The van der Waals surface area contributed by atoms with Gasteiger partial charge in [-0.3, -0.25) is 9.78 Å². The summed E-state index contributed by atoms with van der Waals surface area (Å²) in [4.78, 5) is 16.0. The van der Waals surface area contributed by atoms with Crippen molar-refractivity contribution in [1.82, 2.24) is 4.98 Å². The van der Waals surface area contributed by atoms with Gasteiger partial charge >= 0.3 is 0 Å². The summed E-state index contributed by atoms with van der Waals surface area (Å²) in [5, 5.41) is 0. The van der Waals surface area contributed by atoms with Crippen LogP contribution < -0.4 is 0 Å². The van der Waals surface area contributed by atoms with Gasteiger partial charge in [-0.15, -0.1) is 0 Å². The maximum atomic E-state index is 11.8. The van der Waals surface area contributed by atoms with Gasteiger partial charge in [0.2, 0.25) is 0 Å². The minimum atomic E-state index is 0.261. The number of pyridine rings is 1. The second kappa shape index (κ2) is 5.92. The van der Waals surface area contributed by atoms with E-state index in [1.807, 2.05) is 25.3 Å². The third kappa shape index (κ3) is 3.93. The Kier molecular flexibility index (Phi) is 4.26. The van der Waals surface area contributed by atoms with Crippen LogP contribution in [0.15, 0.2) is 18.3 Å². The number of hydrogen-bond donors (Lipinski definition) is 0. The average molecular weight is 233 g/mol. The van der Waals surface area contributed by atoms with Crippen LogP contribution in [0.3, 0.4) is 0 Å². The molecule has 0 N–H and O–H groups in total. The number of carbonyl (C=O) groups excluding carboxylic acids is 1. The van der Waals surface area contributed by atoms with E-state index in [4.69, 9.17) is 4.74 Å². The fourth-order valence-electron chi connectivity index (χ4n) is 2.09. The van der Waals surface area contributed by atoms with Gasteiger partial charge in [0.1, 0.15) is 5.78 Å². The molecular formula is C14H19NO2. The molecule has 1 unspecified atom stereocenters. The van der Waals surface area contributed by atoms with E-state index in [9.17, 15) is 4.79 Å². The predicted molar refractivity (Wildman–Crippen MR) is 65.9 cm³/mol. The Labute approximate surface area is 102 Å². The Morgan fingerprint density at radius 3 is 3.06 bits per heavy atom. The molecule has 1 aromatic rings. The van der Waals surface area contributed by atoms with E-state index in [2.05, 4.69) is 4.98 Å². The second-order valence-electron chi connectivity index (χ2n) is 4.72. The average Bonchev–Trinajstić information content (AvgIpc) is 2.83. The van der Waals surface area contributed by atoms with Crippen molar-refractivity contribution in [2.75, 3.05) is 6.61 Å². The highest BCUT2D eigenvalue weighted by molar-refractivity contribution is 5.80. The van der Waals surface area contributed by atoms with Crippen molar-refractivity contribution in [1.29, 1.82) is 0 Å². The van der Waals surface area contributed by atoms with Crippen LogP contribution in [0.1, 0.15) is 36.9 Å². The van der Waals surface area contributed by atoms with E-state index >= 15 is 0 Å². The third-order valence-electron chi connectivity index (χ3n) is 3.12. The van der Waals surface area contributed by atoms with E-state index in [0.717, 1.165) is 37.1 Å². The predicted octanol–water partition coefficient (Wildman–Crippen LogP) is 2.46. The molecule has 17 heavy (non-hydrogen) atoms. The fraction of sp³-hybridized carbons (Fsp3) is 0.571. The molecular weight excluding hydrogens is 214 g/mol. The number of aromatic nitrogens is 1. The molecule has 92 valence electrons. The Morgan fingerprint density at radius 1 is 1.53 bits per heavy atom. The van der Waals surface area contributed by atoms with Crippen LogP contribution in [0.5, 0.6) is 0 Å². The minimum absolute atomic E-state index is 0.261. The minimum Gasteiger partial charge on any atom is -0.378 e. The molecule has 1 aliphatic heterocycles. The number of rotatable bonds is 5. The molecule has 1 aromatic heterocycles. The highest BCUT2D eigenvalue weighted by atomic mass is 16.5. The highest BCUT2D eigenvalue weighted by Crippen LogP contribution is 2.17. The zero-order valence-electron chi connectivity index (χ0n) is 10.3. The molecule has 2 rings (SSSR count). The standard InChI is InChI=1S/C14H19NO2/c1-11-4-5-12(15-10-11)9-13(16)6-7-14-3-2-8-17-14/h4-5,10,14H,2-3,6-9H2,1H3. The van der Waals surface area contributed by atoms with Crippen molar-refractivity contribution >= 4 is 5.78 Å². The molecule has 0 radical (unpaired) electrons. The number of hydrogen-bond acceptors (Lipinski definition) is 3. The zero-order valence-corrected chi connectivity index (χ0v) is 10.3. The Bertz CT molecular complexity index is 366. The van der Waals surface area contributed by atoms with Crippen LogP contribution in [-0.2, 0) is 16.0 Å². The maximum absolute atomic E-state index is 11.8. The monoisotopic (exact) mass is 233 g/mol. The van der Waals surface area contributed by atoms with Gasteiger partial charge in [0.15, 0.2) is 0 Å². The summed E-state index contributed by atoms with van der Waals surface area (Å²) < 4.78 is 5.50. The largest absolute Gasteiger partial charge is 0.378 e. The topological polar surface area (TPSA) is 39.2 Å². The van der Waals surface area contributed by atoms with E-state index in [1.54, 1.807) is 0 Å². The number of carbonyl (C=O) groups is 1. The summed E-state index contributed by atoms with van der Waals surface area (Å²) in [5.74, 6) is 0.261. The van der Waals surface area contributed by atoms with Gasteiger partial charge in [0.05, 0.1) is 6.10 Å². The smallest absolute Gasteiger partial charge is 0.138 e. The van der Waals surface area contributed by atoms with Crippen molar-refractivity contribution in [3.63, 3.8) is 0 Å². The lowest BCUT2D eigenvalue weighted by Gasteiger charge is -2.07. The van der Waals surface area contributed by atoms with E-state index in [1.165, 1.54) is 0 Å². The Hall–Kier alpha value is -1.22. The first-order valence-corrected chi connectivity index (χ1v) is 6.29. The summed E-state index contributed by atoms with van der Waals surface area (Å²) in [7, 11) is 0. The van der Waals surface area contributed by atoms with Crippen molar-refractivity contribution < 1.29 is 9.53 Å². The molecule has 1 fully saturated rings. The number of nitrogens with zero attached hydrogens (tertiary/aromatic N) is 1. The Balaban J connectivity index is 1.74. The van der Waals surface area contributed by atoms with Gasteiger partial charge in [-0.1, -0.05) is 6.07 Å². The first-order chi connectivity index (χ1) is 8.24. The van der Waals surface area contributed by atoms with Crippen molar-refractivity contribution in [2.24, 2.45) is 0 Å². The molecule has 0 spiro atoms. The van der Waals surface area contributed by atoms with E-state index in [0.29, 0.717) is 18.9 Å². The molecule has 0 aliphatic carbocycles. The lowest BCUT2D eigenvalue weighted by molar-refractivity contribution is -0.119. The van der Waals surface area contributed by atoms with Crippen LogP contribution in [0.4, 0.5) is 0 Å². The third-order valence-corrected chi connectivity index (χ3v) is 3.12. The number of aryl methyl sites for hydroxylation is 1.